The van der Waals surface area contributed by atoms with E-state index in [0.717, 1.165) is 42.5 Å². The Morgan fingerprint density at radius 1 is 1.33 bits per heavy atom. The van der Waals surface area contributed by atoms with Gasteiger partial charge in [-0.15, -0.1) is 0 Å². The molecule has 1 aromatic heterocycles. The normalized spacial score (nSPS) is 18.8. The second-order valence-corrected chi connectivity index (χ2v) is 5.47. The molecule has 0 saturated carbocycles. The second kappa shape index (κ2) is 6.87. The molecule has 3 rings (SSSR count). The molecule has 1 atom stereocenters. The highest BCUT2D eigenvalue weighted by molar-refractivity contribution is 5.87. The largest absolute Gasteiger partial charge is 0.474 e. The first kappa shape index (κ1) is 14.3. The van der Waals surface area contributed by atoms with Crippen LogP contribution in [-0.4, -0.2) is 31.3 Å². The third-order valence-corrected chi connectivity index (χ3v) is 3.80. The molecule has 2 aromatic rings. The summed E-state index contributed by atoms with van der Waals surface area (Å²) in [6.45, 7) is 2.17. The molecular formula is C17H22N2O2. The fourth-order valence-electron chi connectivity index (χ4n) is 2.71. The van der Waals surface area contributed by atoms with Crippen molar-refractivity contribution in [2.24, 2.45) is 0 Å². The summed E-state index contributed by atoms with van der Waals surface area (Å²) in [7, 11) is 1.92. The van der Waals surface area contributed by atoms with Crippen LogP contribution in [0.4, 0.5) is 0 Å². The van der Waals surface area contributed by atoms with E-state index in [1.54, 1.807) is 0 Å². The molecule has 1 unspecified atom stereocenters. The van der Waals surface area contributed by atoms with E-state index in [4.69, 9.17) is 9.47 Å². The lowest BCUT2D eigenvalue weighted by Crippen LogP contribution is -2.26. The predicted octanol–water partition coefficient (Wildman–Crippen LogP) is 2.90. The number of hydrogen-bond acceptors (Lipinski definition) is 4. The molecule has 1 saturated heterocycles. The molecule has 4 nitrogen and oxygen atoms in total. The zero-order valence-corrected chi connectivity index (χ0v) is 12.5. The summed E-state index contributed by atoms with van der Waals surface area (Å²) < 4.78 is 11.7. The number of benzene rings is 1. The molecular weight excluding hydrogens is 264 g/mol. The van der Waals surface area contributed by atoms with Crippen LogP contribution in [0.15, 0.2) is 30.3 Å². The second-order valence-electron chi connectivity index (χ2n) is 5.47. The van der Waals surface area contributed by atoms with Crippen molar-refractivity contribution >= 4 is 10.8 Å². The minimum Gasteiger partial charge on any atom is -0.474 e. The SMILES string of the molecule is CNCc1cc2ccccc2c(OCC2CCCCO2)n1. The van der Waals surface area contributed by atoms with Gasteiger partial charge in [0, 0.05) is 18.5 Å². The maximum atomic E-state index is 5.98. The molecule has 1 aromatic carbocycles. The first-order chi connectivity index (χ1) is 10.4. The molecule has 1 aliphatic rings. The first-order valence-electron chi connectivity index (χ1n) is 7.64. The summed E-state index contributed by atoms with van der Waals surface area (Å²) in [6.07, 6.45) is 3.66. The average Bonchev–Trinajstić information content (AvgIpc) is 2.54. The van der Waals surface area contributed by atoms with Crippen molar-refractivity contribution in [2.45, 2.75) is 31.9 Å². The van der Waals surface area contributed by atoms with Gasteiger partial charge in [-0.2, -0.15) is 0 Å². The van der Waals surface area contributed by atoms with Gasteiger partial charge in [0.25, 0.3) is 0 Å². The molecule has 0 aliphatic carbocycles. The number of fused-ring (bicyclic) bond motifs is 1. The summed E-state index contributed by atoms with van der Waals surface area (Å²) >= 11 is 0. The van der Waals surface area contributed by atoms with E-state index >= 15 is 0 Å². The van der Waals surface area contributed by atoms with E-state index in [0.29, 0.717) is 12.5 Å². The summed E-state index contributed by atoms with van der Waals surface area (Å²) in [6, 6.07) is 10.3. The summed E-state index contributed by atoms with van der Waals surface area (Å²) in [5.41, 5.74) is 0.996. The van der Waals surface area contributed by atoms with Gasteiger partial charge in [0.05, 0.1) is 11.8 Å². The van der Waals surface area contributed by atoms with Gasteiger partial charge >= 0.3 is 0 Å². The van der Waals surface area contributed by atoms with Crippen LogP contribution in [0.2, 0.25) is 0 Å². The number of pyridine rings is 1. The van der Waals surface area contributed by atoms with E-state index in [-0.39, 0.29) is 6.10 Å². The van der Waals surface area contributed by atoms with Gasteiger partial charge in [-0.25, -0.2) is 4.98 Å². The van der Waals surface area contributed by atoms with Crippen molar-refractivity contribution in [3.8, 4) is 5.88 Å². The van der Waals surface area contributed by atoms with Crippen molar-refractivity contribution < 1.29 is 9.47 Å². The third kappa shape index (κ3) is 3.52. The van der Waals surface area contributed by atoms with E-state index < -0.39 is 0 Å². The zero-order chi connectivity index (χ0) is 14.5. The topological polar surface area (TPSA) is 43.4 Å². The van der Waals surface area contributed by atoms with Crippen LogP contribution < -0.4 is 10.1 Å². The van der Waals surface area contributed by atoms with Crippen molar-refractivity contribution in [2.75, 3.05) is 20.3 Å². The van der Waals surface area contributed by atoms with Crippen molar-refractivity contribution in [3.63, 3.8) is 0 Å². The van der Waals surface area contributed by atoms with Gasteiger partial charge < -0.3 is 14.8 Å². The minimum absolute atomic E-state index is 0.201. The highest BCUT2D eigenvalue weighted by Gasteiger charge is 2.16. The summed E-state index contributed by atoms with van der Waals surface area (Å²) in [5.74, 6) is 0.715. The highest BCUT2D eigenvalue weighted by atomic mass is 16.5. The van der Waals surface area contributed by atoms with Crippen LogP contribution in [0.1, 0.15) is 25.0 Å². The number of hydrogen-bond donors (Lipinski definition) is 1. The first-order valence-corrected chi connectivity index (χ1v) is 7.64. The van der Waals surface area contributed by atoms with Gasteiger partial charge in [0.1, 0.15) is 6.61 Å². The van der Waals surface area contributed by atoms with Crippen LogP contribution in [0.5, 0.6) is 5.88 Å². The fraction of sp³-hybridized carbons (Fsp3) is 0.471. The molecule has 1 N–H and O–H groups in total. The molecule has 0 radical (unpaired) electrons. The smallest absolute Gasteiger partial charge is 0.221 e. The van der Waals surface area contributed by atoms with Gasteiger partial charge in [0.2, 0.25) is 5.88 Å². The Morgan fingerprint density at radius 2 is 2.24 bits per heavy atom. The Hall–Kier alpha value is -1.65. The maximum absolute atomic E-state index is 5.98. The van der Waals surface area contributed by atoms with Gasteiger partial charge in [-0.3, -0.25) is 0 Å². The molecule has 1 aliphatic heterocycles. The predicted molar refractivity (Wildman–Crippen MR) is 83.6 cm³/mol. The van der Waals surface area contributed by atoms with Crippen LogP contribution in [-0.2, 0) is 11.3 Å². The Bertz CT molecular complexity index is 594. The number of ether oxygens (including phenoxy) is 2. The molecule has 0 bridgehead atoms. The van der Waals surface area contributed by atoms with E-state index in [1.807, 2.05) is 19.2 Å². The van der Waals surface area contributed by atoms with Crippen LogP contribution >= 0.6 is 0 Å². The lowest BCUT2D eigenvalue weighted by Gasteiger charge is -2.22. The van der Waals surface area contributed by atoms with Crippen molar-refractivity contribution in [1.29, 1.82) is 0 Å². The number of aromatic nitrogens is 1. The number of nitrogens with zero attached hydrogens (tertiary/aromatic N) is 1. The van der Waals surface area contributed by atoms with E-state index in [9.17, 15) is 0 Å². The molecule has 1 fully saturated rings. The molecule has 0 spiro atoms. The summed E-state index contributed by atoms with van der Waals surface area (Å²) in [5, 5.41) is 5.37. The van der Waals surface area contributed by atoms with Crippen LogP contribution in [0.25, 0.3) is 10.8 Å². The van der Waals surface area contributed by atoms with Crippen LogP contribution in [0.3, 0.4) is 0 Å². The standard InChI is InChI=1S/C17H22N2O2/c1-18-11-14-10-13-6-2-3-8-16(13)17(19-14)21-12-15-7-4-5-9-20-15/h2-3,6,8,10,15,18H,4-5,7,9,11-12H2,1H3. The van der Waals surface area contributed by atoms with Crippen LogP contribution in [0, 0.1) is 0 Å². The van der Waals surface area contributed by atoms with E-state index in [1.165, 1.54) is 6.42 Å². The van der Waals surface area contributed by atoms with Crippen molar-refractivity contribution in [3.05, 3.63) is 36.0 Å². The fourth-order valence-corrected chi connectivity index (χ4v) is 2.71. The average molecular weight is 286 g/mol. The molecule has 21 heavy (non-hydrogen) atoms. The lowest BCUT2D eigenvalue weighted by molar-refractivity contribution is -0.0116. The number of rotatable bonds is 5. The number of nitrogens with one attached hydrogen (secondary N) is 1. The monoisotopic (exact) mass is 286 g/mol. The molecule has 112 valence electrons. The molecule has 4 heteroatoms. The lowest BCUT2D eigenvalue weighted by atomic mass is 10.1. The maximum Gasteiger partial charge on any atom is 0.221 e. The highest BCUT2D eigenvalue weighted by Crippen LogP contribution is 2.25. The minimum atomic E-state index is 0.201. The quantitative estimate of drug-likeness (QED) is 0.918. The molecule has 0 amide bonds. The Labute approximate surface area is 125 Å². The van der Waals surface area contributed by atoms with Crippen molar-refractivity contribution in [1.82, 2.24) is 10.3 Å². The van der Waals surface area contributed by atoms with Gasteiger partial charge in [-0.05, 0) is 43.8 Å². The van der Waals surface area contributed by atoms with Gasteiger partial charge in [0.15, 0.2) is 0 Å². The summed E-state index contributed by atoms with van der Waals surface area (Å²) in [4.78, 5) is 4.63. The Kier molecular flexibility index (Phi) is 4.68. The zero-order valence-electron chi connectivity index (χ0n) is 12.5. The molecule has 2 heterocycles. The van der Waals surface area contributed by atoms with Gasteiger partial charge in [-0.1, -0.05) is 18.2 Å². The van der Waals surface area contributed by atoms with E-state index in [2.05, 4.69) is 28.5 Å². The Morgan fingerprint density at radius 3 is 3.05 bits per heavy atom. The third-order valence-electron chi connectivity index (χ3n) is 3.80. The Balaban J connectivity index is 1.81.